The van der Waals surface area contributed by atoms with Gasteiger partial charge in [0.25, 0.3) is 5.91 Å². The zero-order valence-electron chi connectivity index (χ0n) is 12.3. The normalized spacial score (nSPS) is 18.3. The van der Waals surface area contributed by atoms with Crippen LogP contribution < -0.4 is 10.0 Å². The zero-order valence-corrected chi connectivity index (χ0v) is 13.9. The smallest absolute Gasteiger partial charge is 0.251 e. The number of carbonyl (C=O) groups is 1. The highest BCUT2D eigenvalue weighted by molar-refractivity contribution is 7.92. The molecule has 0 spiro atoms. The molecule has 0 heterocycles. The van der Waals surface area contributed by atoms with Gasteiger partial charge in [-0.2, -0.15) is 0 Å². The fourth-order valence-corrected chi connectivity index (χ4v) is 3.50. The van der Waals surface area contributed by atoms with Gasteiger partial charge in [-0.15, -0.1) is 0 Å². The quantitative estimate of drug-likeness (QED) is 0.834. The van der Waals surface area contributed by atoms with Crippen molar-refractivity contribution in [1.82, 2.24) is 5.32 Å². The average molecular weight is 343 g/mol. The van der Waals surface area contributed by atoms with Crippen molar-refractivity contribution in [3.05, 3.63) is 28.8 Å². The molecule has 0 radical (unpaired) electrons. The molecule has 0 bridgehead atoms. The lowest BCUT2D eigenvalue weighted by atomic mass is 10.1. The molecule has 1 amide bonds. The summed E-state index contributed by atoms with van der Waals surface area (Å²) in [7, 11) is -3.44. The predicted molar refractivity (Wildman–Crippen MR) is 86.6 cm³/mol. The SMILES string of the molecule is CS(=O)(=O)Nc1cc(C(=O)NC(C2CC2)C2CC2)ccc1Cl. The van der Waals surface area contributed by atoms with Gasteiger partial charge in [0.2, 0.25) is 10.0 Å². The van der Waals surface area contributed by atoms with Gasteiger partial charge >= 0.3 is 0 Å². The minimum absolute atomic E-state index is 0.169. The number of halogens is 1. The lowest BCUT2D eigenvalue weighted by Gasteiger charge is -2.18. The van der Waals surface area contributed by atoms with Crippen LogP contribution in [0.5, 0.6) is 0 Å². The standard InChI is InChI=1S/C15H19ClN2O3S/c1-22(20,21)18-13-8-11(6-7-12(13)16)15(19)17-14(9-2-3-9)10-4-5-10/h6-10,14,18H,2-5H2,1H3,(H,17,19). The zero-order chi connectivity index (χ0) is 15.9. The highest BCUT2D eigenvalue weighted by Gasteiger charge is 2.42. The van der Waals surface area contributed by atoms with E-state index in [4.69, 9.17) is 11.6 Å². The third kappa shape index (κ3) is 3.93. The van der Waals surface area contributed by atoms with Gasteiger partial charge < -0.3 is 5.32 Å². The molecule has 2 aliphatic rings. The Labute approximate surface area is 135 Å². The first kappa shape index (κ1) is 15.6. The van der Waals surface area contributed by atoms with Crippen LogP contribution in [0.25, 0.3) is 0 Å². The molecule has 7 heteroatoms. The third-order valence-electron chi connectivity index (χ3n) is 4.08. The number of hydrogen-bond donors (Lipinski definition) is 2. The van der Waals surface area contributed by atoms with Crippen LogP contribution in [0.15, 0.2) is 18.2 Å². The first-order valence-electron chi connectivity index (χ1n) is 7.42. The van der Waals surface area contributed by atoms with Crippen molar-refractivity contribution in [3.8, 4) is 0 Å². The summed E-state index contributed by atoms with van der Waals surface area (Å²) >= 11 is 5.97. The van der Waals surface area contributed by atoms with Crippen molar-refractivity contribution in [3.63, 3.8) is 0 Å². The second kappa shape index (κ2) is 5.74. The number of benzene rings is 1. The lowest BCUT2D eigenvalue weighted by Crippen LogP contribution is -2.38. The van der Waals surface area contributed by atoms with Crippen LogP contribution in [0.4, 0.5) is 5.69 Å². The van der Waals surface area contributed by atoms with Crippen LogP contribution in [0.3, 0.4) is 0 Å². The van der Waals surface area contributed by atoms with Gasteiger partial charge in [0.1, 0.15) is 0 Å². The number of nitrogens with one attached hydrogen (secondary N) is 2. The Balaban J connectivity index is 1.75. The molecule has 2 saturated carbocycles. The molecule has 5 nitrogen and oxygen atoms in total. The summed E-state index contributed by atoms with van der Waals surface area (Å²) in [6.07, 6.45) is 5.78. The second-order valence-electron chi connectivity index (χ2n) is 6.24. The number of sulfonamides is 1. The summed E-state index contributed by atoms with van der Waals surface area (Å²) in [5.41, 5.74) is 0.646. The summed E-state index contributed by atoms with van der Waals surface area (Å²) in [4.78, 5) is 12.4. The first-order chi connectivity index (χ1) is 10.3. The van der Waals surface area contributed by atoms with Crippen molar-refractivity contribution >= 4 is 33.2 Å². The van der Waals surface area contributed by atoms with Gasteiger partial charge in [0.15, 0.2) is 0 Å². The van der Waals surface area contributed by atoms with Crippen molar-refractivity contribution < 1.29 is 13.2 Å². The van der Waals surface area contributed by atoms with Gasteiger partial charge in [0.05, 0.1) is 17.0 Å². The van der Waals surface area contributed by atoms with E-state index in [2.05, 4.69) is 10.0 Å². The number of carbonyl (C=O) groups excluding carboxylic acids is 1. The van der Waals surface area contributed by atoms with Crippen molar-refractivity contribution in [2.75, 3.05) is 11.0 Å². The van der Waals surface area contributed by atoms with E-state index >= 15 is 0 Å². The van der Waals surface area contributed by atoms with E-state index in [9.17, 15) is 13.2 Å². The molecule has 1 aromatic carbocycles. The summed E-state index contributed by atoms with van der Waals surface area (Å²) in [6, 6.07) is 4.89. The molecule has 120 valence electrons. The highest BCUT2D eigenvalue weighted by Crippen LogP contribution is 2.44. The van der Waals surface area contributed by atoms with E-state index in [-0.39, 0.29) is 22.7 Å². The Morgan fingerprint density at radius 3 is 2.32 bits per heavy atom. The maximum absolute atomic E-state index is 12.4. The Kier molecular flexibility index (Phi) is 4.07. The van der Waals surface area contributed by atoms with E-state index < -0.39 is 10.0 Å². The number of anilines is 1. The van der Waals surface area contributed by atoms with Crippen LogP contribution >= 0.6 is 11.6 Å². The fourth-order valence-electron chi connectivity index (χ4n) is 2.71. The molecule has 0 aliphatic heterocycles. The molecule has 2 aliphatic carbocycles. The van der Waals surface area contributed by atoms with Crippen LogP contribution in [0.1, 0.15) is 36.0 Å². The monoisotopic (exact) mass is 342 g/mol. The molecule has 2 N–H and O–H groups in total. The maximum Gasteiger partial charge on any atom is 0.251 e. The lowest BCUT2D eigenvalue weighted by molar-refractivity contribution is 0.0926. The van der Waals surface area contributed by atoms with Gasteiger partial charge in [-0.3, -0.25) is 9.52 Å². The molecule has 0 atom stereocenters. The molecule has 0 saturated heterocycles. The van der Waals surface area contributed by atoms with Crippen LogP contribution in [0, 0.1) is 11.8 Å². The molecule has 3 rings (SSSR count). The molecular weight excluding hydrogens is 324 g/mol. The number of amides is 1. The largest absolute Gasteiger partial charge is 0.349 e. The first-order valence-corrected chi connectivity index (χ1v) is 9.68. The molecule has 1 aromatic rings. The Morgan fingerprint density at radius 1 is 1.23 bits per heavy atom. The summed E-state index contributed by atoms with van der Waals surface area (Å²) in [5.74, 6) is 1.05. The van der Waals surface area contributed by atoms with Gasteiger partial charge in [0, 0.05) is 11.6 Å². The molecule has 22 heavy (non-hydrogen) atoms. The van der Waals surface area contributed by atoms with Crippen molar-refractivity contribution in [1.29, 1.82) is 0 Å². The van der Waals surface area contributed by atoms with Gasteiger partial charge in [-0.1, -0.05) is 11.6 Å². The fraction of sp³-hybridized carbons (Fsp3) is 0.533. The summed E-state index contributed by atoms with van der Waals surface area (Å²) < 4.78 is 25.0. The Morgan fingerprint density at radius 2 is 1.82 bits per heavy atom. The van der Waals surface area contributed by atoms with Crippen molar-refractivity contribution in [2.24, 2.45) is 11.8 Å². The highest BCUT2D eigenvalue weighted by atomic mass is 35.5. The molecule has 0 unspecified atom stereocenters. The van der Waals surface area contributed by atoms with Crippen LogP contribution in [0.2, 0.25) is 5.02 Å². The van der Waals surface area contributed by atoms with Crippen LogP contribution in [-0.2, 0) is 10.0 Å². The van der Waals surface area contributed by atoms with E-state index in [1.807, 2.05) is 0 Å². The van der Waals surface area contributed by atoms with Gasteiger partial charge in [-0.05, 0) is 55.7 Å². The predicted octanol–water partition coefficient (Wildman–Crippen LogP) is 2.63. The second-order valence-corrected chi connectivity index (χ2v) is 8.40. The minimum Gasteiger partial charge on any atom is -0.349 e. The van der Waals surface area contributed by atoms with Crippen LogP contribution in [-0.4, -0.2) is 26.6 Å². The Hall–Kier alpha value is -1.27. The van der Waals surface area contributed by atoms with E-state index in [1.54, 1.807) is 6.07 Å². The third-order valence-corrected chi connectivity index (χ3v) is 5.00. The average Bonchev–Trinajstić information content (AvgIpc) is 3.29. The summed E-state index contributed by atoms with van der Waals surface area (Å²) in [5, 5.41) is 3.37. The number of hydrogen-bond acceptors (Lipinski definition) is 3. The molecule has 2 fully saturated rings. The van der Waals surface area contributed by atoms with Crippen molar-refractivity contribution in [2.45, 2.75) is 31.7 Å². The van der Waals surface area contributed by atoms with E-state index in [0.717, 1.165) is 6.26 Å². The minimum atomic E-state index is -3.44. The Bertz CT molecular complexity index is 685. The maximum atomic E-state index is 12.4. The summed E-state index contributed by atoms with van der Waals surface area (Å²) in [6.45, 7) is 0. The van der Waals surface area contributed by atoms with E-state index in [0.29, 0.717) is 17.4 Å². The molecular formula is C15H19ClN2O3S. The van der Waals surface area contributed by atoms with E-state index in [1.165, 1.54) is 37.8 Å². The number of rotatable bonds is 6. The van der Waals surface area contributed by atoms with Gasteiger partial charge in [-0.25, -0.2) is 8.42 Å². The molecule has 0 aromatic heterocycles. The topological polar surface area (TPSA) is 75.3 Å².